The number of benzene rings is 3. The van der Waals surface area contributed by atoms with Gasteiger partial charge in [0, 0.05) is 21.5 Å². The highest BCUT2D eigenvalue weighted by atomic mass is 35.5. The van der Waals surface area contributed by atoms with E-state index in [0.29, 0.717) is 37.6 Å². The van der Waals surface area contributed by atoms with Crippen LogP contribution in [0.2, 0.25) is 5.02 Å². The first kappa shape index (κ1) is 30.6. The van der Waals surface area contributed by atoms with Crippen LogP contribution < -0.4 is 19.8 Å². The molecule has 230 valence electrons. The zero-order valence-electron chi connectivity index (χ0n) is 24.0. The number of nitrogens with one attached hydrogen (secondary N) is 1. The van der Waals surface area contributed by atoms with Gasteiger partial charge in [0.15, 0.2) is 0 Å². The van der Waals surface area contributed by atoms with Gasteiger partial charge >= 0.3 is 10.8 Å². The van der Waals surface area contributed by atoms with Gasteiger partial charge in [0.2, 0.25) is 17.7 Å². The average Bonchev–Trinajstić information content (AvgIpc) is 3.48. The summed E-state index contributed by atoms with van der Waals surface area (Å²) < 4.78 is 11.7. The van der Waals surface area contributed by atoms with Gasteiger partial charge in [0.25, 0.3) is 0 Å². The van der Waals surface area contributed by atoms with E-state index in [-0.39, 0.29) is 23.9 Å². The summed E-state index contributed by atoms with van der Waals surface area (Å²) in [7, 11) is 1.55. The second-order valence-corrected chi connectivity index (χ2v) is 12.8. The number of carbonyl (C=O) groups is 4. The normalized spacial score (nSPS) is 18.7. The molecule has 1 N–H and O–H groups in total. The number of nitrogens with zero attached hydrogens (tertiary/aromatic N) is 2. The van der Waals surface area contributed by atoms with E-state index in [1.165, 1.54) is 21.6 Å². The molecule has 6 rings (SSSR count). The van der Waals surface area contributed by atoms with Gasteiger partial charge in [-0.25, -0.2) is 9.69 Å². The van der Waals surface area contributed by atoms with Gasteiger partial charge < -0.3 is 14.8 Å². The van der Waals surface area contributed by atoms with E-state index in [0.717, 1.165) is 28.7 Å². The number of hydrogen-bond acceptors (Lipinski definition) is 9. The van der Waals surface area contributed by atoms with E-state index in [4.69, 9.17) is 21.1 Å². The van der Waals surface area contributed by atoms with Gasteiger partial charge in [0.1, 0.15) is 17.5 Å². The van der Waals surface area contributed by atoms with Gasteiger partial charge in [-0.1, -0.05) is 46.8 Å². The molecule has 3 amide bonds. The van der Waals surface area contributed by atoms with Gasteiger partial charge in [0.05, 0.1) is 35.9 Å². The Morgan fingerprint density at radius 2 is 1.62 bits per heavy atom. The number of fused-ring (bicyclic) bond motifs is 2. The third-order valence-corrected chi connectivity index (χ3v) is 10.4. The molecule has 3 heterocycles. The third-order valence-electron chi connectivity index (χ3n) is 7.59. The largest absolute Gasteiger partial charge is 0.497 e. The molecule has 0 radical (unpaired) electrons. The standard InChI is InChI=1S/C32H26ClN3O7S2/c1-3-43-31(40)18-4-10-20(11-5-18)34-23(37)16-35-30-27(45-32(35)41)24(17-6-14-22(42-2)15-7-17)25-26(44-30)29(39)36(28(25)38)21-12-8-19(33)9-13-21/h4-15,24-26H,3,16H2,1-2H3,(H,34,37)/t24-,25?,26?/m1/s1. The van der Waals surface area contributed by atoms with Crippen LogP contribution in [0.5, 0.6) is 5.75 Å². The molecule has 3 atom stereocenters. The molecule has 4 aromatic rings. The number of aromatic nitrogens is 1. The fourth-order valence-corrected chi connectivity index (χ4v) is 8.42. The van der Waals surface area contributed by atoms with Crippen molar-refractivity contribution in [2.45, 2.75) is 29.7 Å². The average molecular weight is 664 g/mol. The number of thiazole rings is 1. The molecule has 10 nitrogen and oxygen atoms in total. The number of thioether (sulfide) groups is 1. The molecule has 3 aromatic carbocycles. The Labute approximate surface area is 270 Å². The lowest BCUT2D eigenvalue weighted by Crippen LogP contribution is -2.33. The summed E-state index contributed by atoms with van der Waals surface area (Å²) in [6.07, 6.45) is 0. The Morgan fingerprint density at radius 3 is 2.27 bits per heavy atom. The molecule has 2 unspecified atom stereocenters. The maximum absolute atomic E-state index is 14.0. The Bertz CT molecular complexity index is 1850. The predicted octanol–water partition coefficient (Wildman–Crippen LogP) is 5.18. The van der Waals surface area contributed by atoms with Crippen LogP contribution in [0.3, 0.4) is 0 Å². The second kappa shape index (κ2) is 12.5. The third kappa shape index (κ3) is 5.76. The van der Waals surface area contributed by atoms with Crippen LogP contribution in [0, 0.1) is 5.92 Å². The minimum atomic E-state index is -0.827. The van der Waals surface area contributed by atoms with Crippen LogP contribution >= 0.6 is 34.7 Å². The van der Waals surface area contributed by atoms with Crippen molar-refractivity contribution in [1.29, 1.82) is 0 Å². The minimum absolute atomic E-state index is 0.245. The second-order valence-electron chi connectivity index (χ2n) is 10.3. The smallest absolute Gasteiger partial charge is 0.338 e. The molecule has 0 spiro atoms. The maximum atomic E-state index is 14.0. The first-order valence-electron chi connectivity index (χ1n) is 13.9. The molecule has 1 fully saturated rings. The summed E-state index contributed by atoms with van der Waals surface area (Å²) in [6, 6.07) is 19.9. The van der Waals surface area contributed by atoms with E-state index in [1.807, 2.05) is 12.1 Å². The number of anilines is 2. The van der Waals surface area contributed by atoms with Crippen LogP contribution in [-0.2, 0) is 25.7 Å². The lowest BCUT2D eigenvalue weighted by Gasteiger charge is -2.30. The number of esters is 1. The molecule has 1 saturated heterocycles. The number of halogens is 1. The molecule has 45 heavy (non-hydrogen) atoms. The molecule has 0 saturated carbocycles. The van der Waals surface area contributed by atoms with Crippen molar-refractivity contribution in [3.63, 3.8) is 0 Å². The van der Waals surface area contributed by atoms with E-state index in [1.54, 1.807) is 62.6 Å². The molecule has 2 aliphatic heterocycles. The van der Waals surface area contributed by atoms with Crippen LogP contribution in [0.1, 0.15) is 33.6 Å². The summed E-state index contributed by atoms with van der Waals surface area (Å²) in [4.78, 5) is 67.7. The van der Waals surface area contributed by atoms with E-state index in [9.17, 15) is 24.0 Å². The SMILES string of the molecule is CCOC(=O)c1ccc(NC(=O)Cn2c3c(sc2=O)[C@H](c2ccc(OC)cc2)C2C(=O)N(c4ccc(Cl)cc4)C(=O)C2S3)cc1. The number of methoxy groups -OCH3 is 1. The monoisotopic (exact) mass is 663 g/mol. The summed E-state index contributed by atoms with van der Waals surface area (Å²) >= 11 is 8.15. The van der Waals surface area contributed by atoms with Crippen LogP contribution in [0.25, 0.3) is 0 Å². The number of imide groups is 1. The Kier molecular flexibility index (Phi) is 8.54. The van der Waals surface area contributed by atoms with E-state index < -0.39 is 34.9 Å². The Morgan fingerprint density at radius 1 is 0.933 bits per heavy atom. The van der Waals surface area contributed by atoms with Crippen LogP contribution in [0.4, 0.5) is 11.4 Å². The molecule has 0 aliphatic carbocycles. The number of hydrogen-bond donors (Lipinski definition) is 1. The lowest BCUT2D eigenvalue weighted by molar-refractivity contribution is -0.122. The lowest BCUT2D eigenvalue weighted by atomic mass is 9.83. The van der Waals surface area contributed by atoms with Crippen LogP contribution in [-0.4, -0.2) is 47.2 Å². The van der Waals surface area contributed by atoms with Crippen molar-refractivity contribution in [2.75, 3.05) is 23.9 Å². The molecule has 13 heteroatoms. The Balaban J connectivity index is 1.34. The zero-order chi connectivity index (χ0) is 31.8. The predicted molar refractivity (Wildman–Crippen MR) is 172 cm³/mol. The van der Waals surface area contributed by atoms with Crippen molar-refractivity contribution in [2.24, 2.45) is 5.92 Å². The molecular weight excluding hydrogens is 638 g/mol. The minimum Gasteiger partial charge on any atom is -0.497 e. The summed E-state index contributed by atoms with van der Waals surface area (Å²) in [5, 5.41) is 2.87. The fraction of sp³-hybridized carbons (Fsp3) is 0.219. The van der Waals surface area contributed by atoms with Crippen molar-refractivity contribution >= 4 is 69.8 Å². The van der Waals surface area contributed by atoms with Crippen molar-refractivity contribution in [3.8, 4) is 5.75 Å². The van der Waals surface area contributed by atoms with E-state index >= 15 is 0 Å². The molecule has 1 aromatic heterocycles. The number of rotatable bonds is 8. The van der Waals surface area contributed by atoms with Gasteiger partial charge in [-0.05, 0) is 73.2 Å². The first-order chi connectivity index (χ1) is 21.7. The number of amides is 3. The molecule has 2 aliphatic rings. The zero-order valence-corrected chi connectivity index (χ0v) is 26.4. The Hall–Kier alpha value is -4.39. The summed E-state index contributed by atoms with van der Waals surface area (Å²) in [5.41, 5.74) is 1.93. The molecule has 0 bridgehead atoms. The topological polar surface area (TPSA) is 124 Å². The van der Waals surface area contributed by atoms with Gasteiger partial charge in [-0.15, -0.1) is 0 Å². The van der Waals surface area contributed by atoms with Crippen LogP contribution in [0.15, 0.2) is 82.6 Å². The molecular formula is C32H26ClN3O7S2. The van der Waals surface area contributed by atoms with Crippen molar-refractivity contribution in [3.05, 3.63) is 103 Å². The van der Waals surface area contributed by atoms with E-state index in [2.05, 4.69) is 5.32 Å². The summed E-state index contributed by atoms with van der Waals surface area (Å²) in [5.74, 6) is -2.48. The highest BCUT2D eigenvalue weighted by molar-refractivity contribution is 8.00. The first-order valence-corrected chi connectivity index (χ1v) is 16.0. The quantitative estimate of drug-likeness (QED) is 0.202. The van der Waals surface area contributed by atoms with Gasteiger partial charge in [-0.2, -0.15) is 0 Å². The van der Waals surface area contributed by atoms with Crippen molar-refractivity contribution in [1.82, 2.24) is 4.57 Å². The number of carbonyl (C=O) groups excluding carboxylic acids is 4. The highest BCUT2D eigenvalue weighted by Gasteiger charge is 2.56. The van der Waals surface area contributed by atoms with Crippen molar-refractivity contribution < 1.29 is 28.7 Å². The summed E-state index contributed by atoms with van der Waals surface area (Å²) in [6.45, 7) is 1.65. The highest BCUT2D eigenvalue weighted by Crippen LogP contribution is 2.54. The fourth-order valence-electron chi connectivity index (χ4n) is 5.52. The maximum Gasteiger partial charge on any atom is 0.338 e. The number of ether oxygens (including phenoxy) is 2. The van der Waals surface area contributed by atoms with Gasteiger partial charge in [-0.3, -0.25) is 23.7 Å².